The second-order valence-corrected chi connectivity index (χ2v) is 5.82. The molecule has 124 valence electrons. The van der Waals surface area contributed by atoms with Crippen LogP contribution >= 0.6 is 0 Å². The molecule has 0 spiro atoms. The van der Waals surface area contributed by atoms with Crippen LogP contribution in [-0.2, 0) is 17.9 Å². The summed E-state index contributed by atoms with van der Waals surface area (Å²) in [6.07, 6.45) is 0.146. The van der Waals surface area contributed by atoms with E-state index < -0.39 is 0 Å². The third-order valence-corrected chi connectivity index (χ3v) is 3.50. The van der Waals surface area contributed by atoms with Gasteiger partial charge in [0.05, 0.1) is 11.6 Å². The van der Waals surface area contributed by atoms with Crippen LogP contribution in [0.1, 0.15) is 19.4 Å². The molecule has 0 saturated carbocycles. The van der Waals surface area contributed by atoms with Gasteiger partial charge < -0.3 is 10.1 Å². The van der Waals surface area contributed by atoms with Gasteiger partial charge in [-0.2, -0.15) is 0 Å². The lowest BCUT2D eigenvalue weighted by Crippen LogP contribution is -2.27. The molecule has 1 aromatic heterocycles. The van der Waals surface area contributed by atoms with Crippen molar-refractivity contribution in [1.82, 2.24) is 20.3 Å². The van der Waals surface area contributed by atoms with Gasteiger partial charge in [-0.3, -0.25) is 4.79 Å². The Labute approximate surface area is 140 Å². The molecule has 0 aliphatic heterocycles. The van der Waals surface area contributed by atoms with Crippen LogP contribution in [0.4, 0.5) is 0 Å². The van der Waals surface area contributed by atoms with E-state index in [0.29, 0.717) is 6.54 Å². The minimum atomic E-state index is -0.104. The Bertz CT molecular complexity index is 824. The standard InChI is InChI=1S/C18H20N4O2/c1-13(2)24-15-9-7-14(8-10-15)11-19-18(23)12-22-17-6-4-3-5-16(17)20-21-22/h3-10,13H,11-12H2,1-2H3,(H,19,23). The van der Waals surface area contributed by atoms with E-state index in [1.54, 1.807) is 4.68 Å². The Hall–Kier alpha value is -2.89. The van der Waals surface area contributed by atoms with Gasteiger partial charge in [-0.05, 0) is 43.7 Å². The van der Waals surface area contributed by atoms with Crippen molar-refractivity contribution in [2.45, 2.75) is 33.0 Å². The molecular formula is C18H20N4O2. The Morgan fingerprint density at radius 1 is 1.17 bits per heavy atom. The number of amides is 1. The van der Waals surface area contributed by atoms with Crippen LogP contribution in [0.2, 0.25) is 0 Å². The first kappa shape index (κ1) is 16.0. The molecule has 1 heterocycles. The van der Waals surface area contributed by atoms with Crippen LogP contribution in [0, 0.1) is 0 Å². The highest BCUT2D eigenvalue weighted by molar-refractivity contribution is 5.79. The van der Waals surface area contributed by atoms with Crippen molar-refractivity contribution < 1.29 is 9.53 Å². The summed E-state index contributed by atoms with van der Waals surface area (Å²) in [6, 6.07) is 15.3. The average Bonchev–Trinajstić information content (AvgIpc) is 2.97. The predicted molar refractivity (Wildman–Crippen MR) is 91.6 cm³/mol. The zero-order valence-electron chi connectivity index (χ0n) is 13.8. The Balaban J connectivity index is 1.55. The van der Waals surface area contributed by atoms with Crippen LogP contribution in [0.5, 0.6) is 5.75 Å². The lowest BCUT2D eigenvalue weighted by Gasteiger charge is -2.10. The summed E-state index contributed by atoms with van der Waals surface area (Å²) in [5, 5.41) is 11.0. The number of para-hydroxylation sites is 1. The third-order valence-electron chi connectivity index (χ3n) is 3.50. The molecule has 1 N–H and O–H groups in total. The van der Waals surface area contributed by atoms with E-state index in [1.807, 2.05) is 62.4 Å². The lowest BCUT2D eigenvalue weighted by molar-refractivity contribution is -0.121. The maximum atomic E-state index is 12.1. The molecule has 3 aromatic rings. The average molecular weight is 324 g/mol. The fourth-order valence-corrected chi connectivity index (χ4v) is 2.38. The molecule has 0 unspecified atom stereocenters. The van der Waals surface area contributed by atoms with Gasteiger partial charge in [-0.25, -0.2) is 4.68 Å². The number of hydrogen-bond donors (Lipinski definition) is 1. The van der Waals surface area contributed by atoms with E-state index >= 15 is 0 Å². The summed E-state index contributed by atoms with van der Waals surface area (Å²) in [5.41, 5.74) is 2.65. The topological polar surface area (TPSA) is 69.0 Å². The number of aromatic nitrogens is 3. The molecule has 0 atom stereocenters. The zero-order chi connectivity index (χ0) is 16.9. The van der Waals surface area contributed by atoms with Crippen LogP contribution < -0.4 is 10.1 Å². The molecule has 0 aliphatic carbocycles. The number of carbonyl (C=O) groups is 1. The Morgan fingerprint density at radius 2 is 1.92 bits per heavy atom. The molecule has 6 heteroatoms. The second-order valence-electron chi connectivity index (χ2n) is 5.82. The number of carbonyl (C=O) groups excluding carboxylic acids is 1. The highest BCUT2D eigenvalue weighted by Gasteiger charge is 2.08. The summed E-state index contributed by atoms with van der Waals surface area (Å²) in [7, 11) is 0. The molecule has 6 nitrogen and oxygen atoms in total. The van der Waals surface area contributed by atoms with Gasteiger partial charge in [0.15, 0.2) is 0 Å². The highest BCUT2D eigenvalue weighted by Crippen LogP contribution is 2.14. The molecular weight excluding hydrogens is 304 g/mol. The van der Waals surface area contributed by atoms with Gasteiger partial charge in [-0.15, -0.1) is 5.10 Å². The lowest BCUT2D eigenvalue weighted by atomic mass is 10.2. The molecule has 0 aliphatic rings. The minimum absolute atomic E-state index is 0.104. The van der Waals surface area contributed by atoms with Crippen molar-refractivity contribution in [3.05, 3.63) is 54.1 Å². The van der Waals surface area contributed by atoms with Gasteiger partial charge in [-0.1, -0.05) is 29.5 Å². The number of benzene rings is 2. The number of nitrogens with zero attached hydrogens (tertiary/aromatic N) is 3. The van der Waals surface area contributed by atoms with Crippen LogP contribution in [-0.4, -0.2) is 27.0 Å². The Kier molecular flexibility index (Phi) is 4.74. The first-order valence-electron chi connectivity index (χ1n) is 7.92. The largest absolute Gasteiger partial charge is 0.491 e. The molecule has 0 radical (unpaired) electrons. The molecule has 0 bridgehead atoms. The predicted octanol–water partition coefficient (Wildman–Crippen LogP) is 2.53. The van der Waals surface area contributed by atoms with E-state index in [4.69, 9.17) is 4.74 Å². The van der Waals surface area contributed by atoms with Gasteiger partial charge in [0, 0.05) is 6.54 Å². The third kappa shape index (κ3) is 3.90. The molecule has 2 aromatic carbocycles. The normalized spacial score (nSPS) is 11.0. The van der Waals surface area contributed by atoms with Crippen molar-refractivity contribution in [3.8, 4) is 5.75 Å². The van der Waals surface area contributed by atoms with Gasteiger partial charge in [0.1, 0.15) is 17.8 Å². The highest BCUT2D eigenvalue weighted by atomic mass is 16.5. The molecule has 0 saturated heterocycles. The van der Waals surface area contributed by atoms with E-state index in [0.717, 1.165) is 22.3 Å². The first-order chi connectivity index (χ1) is 11.6. The zero-order valence-corrected chi connectivity index (χ0v) is 13.8. The number of hydrogen-bond acceptors (Lipinski definition) is 4. The SMILES string of the molecule is CC(C)Oc1ccc(CNC(=O)Cn2nnc3ccccc32)cc1. The quantitative estimate of drug-likeness (QED) is 0.756. The second kappa shape index (κ2) is 7.12. The first-order valence-corrected chi connectivity index (χ1v) is 7.92. The van der Waals surface area contributed by atoms with Crippen molar-refractivity contribution in [2.24, 2.45) is 0 Å². The molecule has 1 amide bonds. The minimum Gasteiger partial charge on any atom is -0.491 e. The summed E-state index contributed by atoms with van der Waals surface area (Å²) in [6.45, 7) is 4.59. The maximum Gasteiger partial charge on any atom is 0.242 e. The van der Waals surface area contributed by atoms with Crippen LogP contribution in [0.25, 0.3) is 11.0 Å². The fraction of sp³-hybridized carbons (Fsp3) is 0.278. The number of nitrogens with one attached hydrogen (secondary N) is 1. The molecule has 3 rings (SSSR count). The Morgan fingerprint density at radius 3 is 2.67 bits per heavy atom. The summed E-state index contributed by atoms with van der Waals surface area (Å²) in [5.74, 6) is 0.724. The van der Waals surface area contributed by atoms with Gasteiger partial charge in [0.25, 0.3) is 0 Å². The van der Waals surface area contributed by atoms with Crippen LogP contribution in [0.15, 0.2) is 48.5 Å². The number of fused-ring (bicyclic) bond motifs is 1. The molecule has 24 heavy (non-hydrogen) atoms. The van der Waals surface area contributed by atoms with Gasteiger partial charge in [0.2, 0.25) is 5.91 Å². The van der Waals surface area contributed by atoms with E-state index in [9.17, 15) is 4.79 Å². The maximum absolute atomic E-state index is 12.1. The molecule has 0 fully saturated rings. The van der Waals surface area contributed by atoms with E-state index in [2.05, 4.69) is 15.6 Å². The van der Waals surface area contributed by atoms with Crippen molar-refractivity contribution in [1.29, 1.82) is 0 Å². The van der Waals surface area contributed by atoms with E-state index in [-0.39, 0.29) is 18.6 Å². The number of rotatable bonds is 6. The van der Waals surface area contributed by atoms with Crippen molar-refractivity contribution in [2.75, 3.05) is 0 Å². The smallest absolute Gasteiger partial charge is 0.242 e. The summed E-state index contributed by atoms with van der Waals surface area (Å²) >= 11 is 0. The monoisotopic (exact) mass is 324 g/mol. The summed E-state index contributed by atoms with van der Waals surface area (Å²) < 4.78 is 7.20. The van der Waals surface area contributed by atoms with Crippen LogP contribution in [0.3, 0.4) is 0 Å². The van der Waals surface area contributed by atoms with Crippen molar-refractivity contribution >= 4 is 16.9 Å². The van der Waals surface area contributed by atoms with Crippen molar-refractivity contribution in [3.63, 3.8) is 0 Å². The summed E-state index contributed by atoms with van der Waals surface area (Å²) in [4.78, 5) is 12.1. The fourth-order valence-electron chi connectivity index (χ4n) is 2.38. The van der Waals surface area contributed by atoms with Gasteiger partial charge >= 0.3 is 0 Å². The van der Waals surface area contributed by atoms with E-state index in [1.165, 1.54) is 0 Å². The number of ether oxygens (including phenoxy) is 1.